The van der Waals surface area contributed by atoms with Crippen molar-refractivity contribution in [2.24, 2.45) is 0 Å². The molecule has 5 nitrogen and oxygen atoms in total. The molecular weight excluding hydrogens is 347 g/mol. The summed E-state index contributed by atoms with van der Waals surface area (Å²) in [7, 11) is -3.55. The zero-order valence-corrected chi connectivity index (χ0v) is 13.0. The van der Waals surface area contributed by atoms with E-state index < -0.39 is 26.8 Å². The molecule has 2 rings (SSSR count). The van der Waals surface area contributed by atoms with E-state index in [0.29, 0.717) is 6.07 Å². The van der Waals surface area contributed by atoms with Crippen LogP contribution in [0.15, 0.2) is 47.4 Å². The molecule has 2 aromatic rings. The summed E-state index contributed by atoms with van der Waals surface area (Å²) in [5.41, 5.74) is -1.16. The Hall–Kier alpha value is -2.73. The molecule has 0 saturated heterocycles. The lowest BCUT2D eigenvalue weighted by atomic mass is 10.2. The van der Waals surface area contributed by atoms with E-state index in [0.717, 1.165) is 24.3 Å². The van der Waals surface area contributed by atoms with Crippen LogP contribution in [0.3, 0.4) is 0 Å². The molecule has 9 heteroatoms. The third-order valence-electron chi connectivity index (χ3n) is 2.95. The van der Waals surface area contributed by atoms with E-state index in [1.54, 1.807) is 0 Å². The molecule has 0 amide bonds. The fourth-order valence-electron chi connectivity index (χ4n) is 1.89. The molecule has 0 aromatic heterocycles. The highest BCUT2D eigenvalue weighted by molar-refractivity contribution is 7.87. The second-order valence-corrected chi connectivity index (χ2v) is 6.02. The van der Waals surface area contributed by atoms with Gasteiger partial charge in [-0.05, 0) is 24.3 Å². The summed E-state index contributed by atoms with van der Waals surface area (Å²) in [5.74, 6) is -0.421. The number of nitrogens with zero attached hydrogens (tertiary/aromatic N) is 1. The highest BCUT2D eigenvalue weighted by atomic mass is 32.2. The lowest BCUT2D eigenvalue weighted by Gasteiger charge is -2.14. The first-order valence-electron chi connectivity index (χ1n) is 6.38. The number of benzene rings is 2. The smallest absolute Gasteiger partial charge is 0.417 e. The third kappa shape index (κ3) is 3.60. The molecule has 0 unspecified atom stereocenters. The van der Waals surface area contributed by atoms with E-state index in [1.165, 1.54) is 19.2 Å². The summed E-state index contributed by atoms with van der Waals surface area (Å²) in [6, 6.07) is 9.08. The van der Waals surface area contributed by atoms with Crippen LogP contribution in [-0.4, -0.2) is 15.5 Å². The van der Waals surface area contributed by atoms with Gasteiger partial charge in [0, 0.05) is 6.07 Å². The van der Waals surface area contributed by atoms with Crippen LogP contribution in [0.4, 0.5) is 13.2 Å². The average Bonchev–Trinajstić information content (AvgIpc) is 2.54. The van der Waals surface area contributed by atoms with Crippen molar-refractivity contribution in [1.82, 2.24) is 0 Å². The van der Waals surface area contributed by atoms with Gasteiger partial charge in [-0.2, -0.15) is 26.9 Å². The maximum absolute atomic E-state index is 13.0. The number of alkyl halides is 3. The van der Waals surface area contributed by atoms with Gasteiger partial charge in [0.1, 0.15) is 4.90 Å². The van der Waals surface area contributed by atoms with Crippen molar-refractivity contribution < 1.29 is 30.5 Å². The number of ether oxygens (including phenoxy) is 1. The first kappa shape index (κ1) is 17.6. The summed E-state index contributed by atoms with van der Waals surface area (Å²) < 4.78 is 73.1. The molecule has 24 heavy (non-hydrogen) atoms. The zero-order valence-electron chi connectivity index (χ0n) is 12.2. The zero-order chi connectivity index (χ0) is 18.0. The molecule has 2 aromatic carbocycles. The predicted octanol–water partition coefficient (Wildman–Crippen LogP) is 3.35. The van der Waals surface area contributed by atoms with E-state index in [2.05, 4.69) is 0 Å². The lowest BCUT2D eigenvalue weighted by Crippen LogP contribution is -2.17. The summed E-state index contributed by atoms with van der Waals surface area (Å²) >= 11 is 0. The van der Waals surface area contributed by atoms with E-state index >= 15 is 0 Å². The molecule has 0 bridgehead atoms. The van der Waals surface area contributed by atoms with Gasteiger partial charge in [-0.1, -0.05) is 12.1 Å². The summed E-state index contributed by atoms with van der Waals surface area (Å²) in [6.07, 6.45) is -4.86. The highest BCUT2D eigenvalue weighted by Gasteiger charge is 2.37. The minimum atomic E-state index is -4.86. The Labute approximate surface area is 136 Å². The fourth-order valence-corrected chi connectivity index (χ4v) is 3.05. The Bertz CT molecular complexity index is 902. The number of methoxy groups -OCH3 is 1. The second-order valence-electron chi connectivity index (χ2n) is 4.51. The summed E-state index contributed by atoms with van der Waals surface area (Å²) in [4.78, 5) is -1.01. The Balaban J connectivity index is 2.50. The van der Waals surface area contributed by atoms with Gasteiger partial charge in [-0.15, -0.1) is 0 Å². The Kier molecular flexibility index (Phi) is 4.71. The van der Waals surface area contributed by atoms with Crippen LogP contribution in [0.25, 0.3) is 0 Å². The van der Waals surface area contributed by atoms with Crippen LogP contribution in [0.5, 0.6) is 11.5 Å². The monoisotopic (exact) mass is 357 g/mol. The molecule has 0 aliphatic rings. The molecule has 0 spiro atoms. The first-order chi connectivity index (χ1) is 11.2. The number of nitriles is 1. The Morgan fingerprint density at radius 3 is 2.33 bits per heavy atom. The van der Waals surface area contributed by atoms with E-state index in [-0.39, 0.29) is 17.1 Å². The molecule has 0 aliphatic carbocycles. The second kappa shape index (κ2) is 6.41. The van der Waals surface area contributed by atoms with Crippen LogP contribution in [0.1, 0.15) is 11.1 Å². The minimum Gasteiger partial charge on any atom is -0.493 e. The van der Waals surface area contributed by atoms with Crippen LogP contribution in [0, 0.1) is 11.3 Å². The SMILES string of the molecule is COc1cc(C#N)ccc1OS(=O)(=O)c1ccccc1C(F)(F)F. The van der Waals surface area contributed by atoms with Crippen LogP contribution >= 0.6 is 0 Å². The lowest BCUT2D eigenvalue weighted by molar-refractivity contribution is -0.139. The Morgan fingerprint density at radius 2 is 1.75 bits per heavy atom. The van der Waals surface area contributed by atoms with E-state index in [9.17, 15) is 21.6 Å². The van der Waals surface area contributed by atoms with Crippen LogP contribution in [0.2, 0.25) is 0 Å². The number of halogens is 3. The van der Waals surface area contributed by atoms with Crippen molar-refractivity contribution in [3.05, 3.63) is 53.6 Å². The van der Waals surface area contributed by atoms with Gasteiger partial charge in [0.25, 0.3) is 0 Å². The van der Waals surface area contributed by atoms with Gasteiger partial charge in [0.15, 0.2) is 11.5 Å². The molecule has 0 fully saturated rings. The van der Waals surface area contributed by atoms with Crippen LogP contribution < -0.4 is 8.92 Å². The highest BCUT2D eigenvalue weighted by Crippen LogP contribution is 2.36. The van der Waals surface area contributed by atoms with Crippen molar-refractivity contribution in [2.45, 2.75) is 11.1 Å². The van der Waals surface area contributed by atoms with Gasteiger partial charge in [0.05, 0.1) is 24.3 Å². The number of hydrogen-bond donors (Lipinski definition) is 0. The maximum Gasteiger partial charge on any atom is 0.417 e. The fraction of sp³-hybridized carbons (Fsp3) is 0.133. The van der Waals surface area contributed by atoms with Gasteiger partial charge in [0.2, 0.25) is 0 Å². The third-order valence-corrected chi connectivity index (χ3v) is 4.25. The van der Waals surface area contributed by atoms with Crippen molar-refractivity contribution in [3.8, 4) is 17.6 Å². The van der Waals surface area contributed by atoms with E-state index in [4.69, 9.17) is 14.2 Å². The quantitative estimate of drug-likeness (QED) is 0.785. The predicted molar refractivity (Wildman–Crippen MR) is 77.0 cm³/mol. The summed E-state index contributed by atoms with van der Waals surface area (Å²) in [5, 5.41) is 8.80. The average molecular weight is 357 g/mol. The van der Waals surface area contributed by atoms with Crippen molar-refractivity contribution in [2.75, 3.05) is 7.11 Å². The maximum atomic E-state index is 13.0. The molecule has 0 heterocycles. The Morgan fingerprint density at radius 1 is 1.08 bits per heavy atom. The van der Waals surface area contributed by atoms with E-state index in [1.807, 2.05) is 6.07 Å². The van der Waals surface area contributed by atoms with Crippen molar-refractivity contribution in [1.29, 1.82) is 5.26 Å². The molecule has 0 N–H and O–H groups in total. The largest absolute Gasteiger partial charge is 0.493 e. The molecule has 0 radical (unpaired) electrons. The molecule has 0 saturated carbocycles. The molecule has 0 atom stereocenters. The van der Waals surface area contributed by atoms with Crippen molar-refractivity contribution >= 4 is 10.1 Å². The number of rotatable bonds is 4. The summed E-state index contributed by atoms with van der Waals surface area (Å²) in [6.45, 7) is 0. The van der Waals surface area contributed by atoms with Gasteiger partial charge >= 0.3 is 16.3 Å². The molecule has 0 aliphatic heterocycles. The van der Waals surface area contributed by atoms with Crippen LogP contribution in [-0.2, 0) is 16.3 Å². The molecule has 126 valence electrons. The van der Waals surface area contributed by atoms with Crippen molar-refractivity contribution in [3.63, 3.8) is 0 Å². The van der Waals surface area contributed by atoms with Gasteiger partial charge in [-0.25, -0.2) is 0 Å². The number of hydrogen-bond acceptors (Lipinski definition) is 5. The topological polar surface area (TPSA) is 76.4 Å². The standard InChI is InChI=1S/C15H10F3NO4S/c1-22-13-8-10(9-19)6-7-12(13)23-24(20,21)14-5-3-2-4-11(14)15(16,17)18/h2-8H,1H3. The molecular formula is C15H10F3NO4S. The first-order valence-corrected chi connectivity index (χ1v) is 7.78. The van der Waals surface area contributed by atoms with Gasteiger partial charge < -0.3 is 8.92 Å². The minimum absolute atomic E-state index is 0.0953. The normalized spacial score (nSPS) is 11.6. The van der Waals surface area contributed by atoms with Gasteiger partial charge in [-0.3, -0.25) is 0 Å².